The fourth-order valence-corrected chi connectivity index (χ4v) is 3.64. The summed E-state index contributed by atoms with van der Waals surface area (Å²) in [6.07, 6.45) is -0.382. The molecule has 7 heteroatoms. The lowest BCUT2D eigenvalue weighted by atomic mass is 10.0. The largest absolute Gasteiger partial charge is 0.449 e. The maximum atomic E-state index is 13.9. The molecule has 1 aliphatic heterocycles. The highest BCUT2D eigenvalue weighted by atomic mass is 19.1. The molecule has 31 heavy (non-hydrogen) atoms. The zero-order valence-electron chi connectivity index (χ0n) is 17.1. The minimum absolute atomic E-state index is 0.0478. The molecule has 0 saturated carbocycles. The topological polar surface area (TPSA) is 76.8 Å². The Balaban J connectivity index is 1.46. The number of carbonyl (C=O) groups is 3. The number of rotatable bonds is 5. The summed E-state index contributed by atoms with van der Waals surface area (Å²) >= 11 is 0. The number of Topliss-reactive ketones (excluding diaryl/α,β-unsaturated/α-hetero) is 1. The van der Waals surface area contributed by atoms with E-state index in [9.17, 15) is 18.8 Å². The fourth-order valence-electron chi connectivity index (χ4n) is 3.64. The number of halogens is 1. The first kappa shape index (κ1) is 20.5. The molecule has 0 fully saturated rings. The summed E-state index contributed by atoms with van der Waals surface area (Å²) in [5.74, 6) is -1.62. The van der Waals surface area contributed by atoms with E-state index in [1.165, 1.54) is 38.1 Å². The minimum atomic E-state index is -1.04. The Morgan fingerprint density at radius 3 is 2.61 bits per heavy atom. The van der Waals surface area contributed by atoms with E-state index in [-0.39, 0.29) is 28.8 Å². The van der Waals surface area contributed by atoms with Crippen molar-refractivity contribution in [3.8, 4) is 11.3 Å². The summed E-state index contributed by atoms with van der Waals surface area (Å²) in [5.41, 5.74) is 2.32. The summed E-state index contributed by atoms with van der Waals surface area (Å²) in [4.78, 5) is 38.5. The van der Waals surface area contributed by atoms with Gasteiger partial charge in [0.05, 0.1) is 5.56 Å². The Labute approximate surface area is 178 Å². The van der Waals surface area contributed by atoms with E-state index in [1.54, 1.807) is 35.2 Å². The fraction of sp³-hybridized carbons (Fsp3) is 0.208. The van der Waals surface area contributed by atoms with Crippen molar-refractivity contribution in [1.82, 2.24) is 0 Å². The van der Waals surface area contributed by atoms with Crippen molar-refractivity contribution in [3.05, 3.63) is 77.3 Å². The molecule has 0 spiro atoms. The van der Waals surface area contributed by atoms with Crippen molar-refractivity contribution in [2.24, 2.45) is 0 Å². The number of hydrogen-bond acceptors (Lipinski definition) is 5. The van der Waals surface area contributed by atoms with Crippen molar-refractivity contribution >= 4 is 23.3 Å². The number of fused-ring (bicyclic) bond motifs is 1. The zero-order valence-corrected chi connectivity index (χ0v) is 17.1. The van der Waals surface area contributed by atoms with Gasteiger partial charge in [-0.1, -0.05) is 12.1 Å². The highest BCUT2D eigenvalue weighted by Crippen LogP contribution is 2.30. The number of benzene rings is 2. The van der Waals surface area contributed by atoms with Crippen molar-refractivity contribution in [3.63, 3.8) is 0 Å². The van der Waals surface area contributed by atoms with Crippen LogP contribution in [0.4, 0.5) is 10.1 Å². The van der Waals surface area contributed by atoms with Gasteiger partial charge in [0.2, 0.25) is 17.5 Å². The first-order valence-electron chi connectivity index (χ1n) is 9.86. The SMILES string of the molecule is CC(=O)N1CCc2cc(C(=O)C(C)OC(=O)c3ccc(-c4ccccc4F)o3)ccc21. The Kier molecular flexibility index (Phi) is 5.42. The van der Waals surface area contributed by atoms with Crippen molar-refractivity contribution in [2.45, 2.75) is 26.4 Å². The van der Waals surface area contributed by atoms with Crippen LogP contribution >= 0.6 is 0 Å². The second-order valence-corrected chi connectivity index (χ2v) is 7.32. The average Bonchev–Trinajstić information content (AvgIpc) is 3.40. The van der Waals surface area contributed by atoms with Gasteiger partial charge in [-0.2, -0.15) is 0 Å². The molecule has 2 heterocycles. The summed E-state index contributed by atoms with van der Waals surface area (Å²) in [6, 6.07) is 14.0. The molecule has 2 aromatic carbocycles. The quantitative estimate of drug-likeness (QED) is 0.450. The van der Waals surface area contributed by atoms with Crippen LogP contribution < -0.4 is 4.90 Å². The van der Waals surface area contributed by atoms with E-state index in [4.69, 9.17) is 9.15 Å². The normalized spacial score (nSPS) is 13.6. The van der Waals surface area contributed by atoms with Crippen molar-refractivity contribution < 1.29 is 27.9 Å². The molecule has 6 nitrogen and oxygen atoms in total. The van der Waals surface area contributed by atoms with E-state index in [1.807, 2.05) is 0 Å². The van der Waals surface area contributed by atoms with Crippen LogP contribution in [0.3, 0.4) is 0 Å². The molecular formula is C24H20FNO5. The third kappa shape index (κ3) is 3.99. The minimum Gasteiger partial charge on any atom is -0.449 e. The number of hydrogen-bond donors (Lipinski definition) is 0. The van der Waals surface area contributed by atoms with Gasteiger partial charge in [-0.25, -0.2) is 9.18 Å². The van der Waals surface area contributed by atoms with Crippen LogP contribution in [0.25, 0.3) is 11.3 Å². The van der Waals surface area contributed by atoms with Gasteiger partial charge >= 0.3 is 5.97 Å². The Bertz CT molecular complexity index is 1180. The maximum absolute atomic E-state index is 13.9. The number of anilines is 1. The molecule has 0 saturated heterocycles. The highest BCUT2D eigenvalue weighted by molar-refractivity contribution is 6.02. The molecular weight excluding hydrogens is 401 g/mol. The van der Waals surface area contributed by atoms with Crippen LogP contribution in [0.2, 0.25) is 0 Å². The van der Waals surface area contributed by atoms with Gasteiger partial charge in [0.1, 0.15) is 11.6 Å². The predicted molar refractivity (Wildman–Crippen MR) is 111 cm³/mol. The molecule has 0 N–H and O–H groups in total. The van der Waals surface area contributed by atoms with Gasteiger partial charge in [0.15, 0.2) is 6.10 Å². The Hall–Kier alpha value is -3.74. The summed E-state index contributed by atoms with van der Waals surface area (Å²) in [5, 5.41) is 0. The second-order valence-electron chi connectivity index (χ2n) is 7.32. The standard InChI is InChI=1S/C24H20FNO5/c1-14(23(28)17-7-8-20-16(13-17)11-12-26(20)15(2)27)30-24(29)22-10-9-21(31-22)18-5-3-4-6-19(18)25/h3-10,13-14H,11-12H2,1-2H3. The number of nitrogens with zero attached hydrogens (tertiary/aromatic N) is 1. The molecule has 1 atom stereocenters. The lowest BCUT2D eigenvalue weighted by Crippen LogP contribution is -2.26. The molecule has 1 unspecified atom stereocenters. The van der Waals surface area contributed by atoms with Gasteiger partial charge in [-0.3, -0.25) is 9.59 Å². The van der Waals surface area contributed by atoms with Crippen LogP contribution in [-0.2, 0) is 16.0 Å². The third-order valence-corrected chi connectivity index (χ3v) is 5.24. The molecule has 1 amide bonds. The van der Waals surface area contributed by atoms with Gasteiger partial charge in [-0.05, 0) is 61.4 Å². The van der Waals surface area contributed by atoms with Gasteiger partial charge in [-0.15, -0.1) is 0 Å². The Morgan fingerprint density at radius 2 is 1.87 bits per heavy atom. The van der Waals surface area contributed by atoms with Crippen molar-refractivity contribution in [2.75, 3.05) is 11.4 Å². The lowest BCUT2D eigenvalue weighted by molar-refractivity contribution is -0.116. The van der Waals surface area contributed by atoms with Crippen LogP contribution in [0.5, 0.6) is 0 Å². The van der Waals surface area contributed by atoms with Gasteiger partial charge < -0.3 is 14.1 Å². The summed E-state index contributed by atoms with van der Waals surface area (Å²) in [6.45, 7) is 3.56. The number of ketones is 1. The number of esters is 1. The maximum Gasteiger partial charge on any atom is 0.374 e. The number of ether oxygens (including phenoxy) is 1. The van der Waals surface area contributed by atoms with Crippen LogP contribution in [-0.4, -0.2) is 30.3 Å². The smallest absolute Gasteiger partial charge is 0.374 e. The van der Waals surface area contributed by atoms with Gasteiger partial charge in [0, 0.05) is 24.7 Å². The van der Waals surface area contributed by atoms with E-state index in [0.717, 1.165) is 11.3 Å². The third-order valence-electron chi connectivity index (χ3n) is 5.24. The lowest BCUT2D eigenvalue weighted by Gasteiger charge is -2.15. The molecule has 1 aliphatic rings. The second kappa shape index (κ2) is 8.18. The molecule has 0 aliphatic carbocycles. The first-order chi connectivity index (χ1) is 14.8. The molecule has 3 aromatic rings. The summed E-state index contributed by atoms with van der Waals surface area (Å²) < 4.78 is 24.6. The van der Waals surface area contributed by atoms with Crippen LogP contribution in [0, 0.1) is 5.82 Å². The van der Waals surface area contributed by atoms with Crippen molar-refractivity contribution in [1.29, 1.82) is 0 Å². The predicted octanol–water partition coefficient (Wildman–Crippen LogP) is 4.42. The molecule has 0 radical (unpaired) electrons. The van der Waals surface area contributed by atoms with E-state index >= 15 is 0 Å². The van der Waals surface area contributed by atoms with E-state index < -0.39 is 17.9 Å². The molecule has 0 bridgehead atoms. The number of amides is 1. The number of furan rings is 1. The zero-order chi connectivity index (χ0) is 22.1. The monoisotopic (exact) mass is 421 g/mol. The van der Waals surface area contributed by atoms with Crippen LogP contribution in [0.1, 0.15) is 40.3 Å². The van der Waals surface area contributed by atoms with E-state index in [0.29, 0.717) is 18.5 Å². The first-order valence-corrected chi connectivity index (χ1v) is 9.86. The molecule has 158 valence electrons. The van der Waals surface area contributed by atoms with Crippen LogP contribution in [0.15, 0.2) is 59.0 Å². The Morgan fingerprint density at radius 1 is 1.10 bits per heavy atom. The highest BCUT2D eigenvalue weighted by Gasteiger charge is 2.26. The van der Waals surface area contributed by atoms with Gasteiger partial charge in [0.25, 0.3) is 0 Å². The number of carbonyl (C=O) groups excluding carboxylic acids is 3. The molecule has 4 rings (SSSR count). The van der Waals surface area contributed by atoms with E-state index in [2.05, 4.69) is 0 Å². The average molecular weight is 421 g/mol. The molecule has 1 aromatic heterocycles. The summed E-state index contributed by atoms with van der Waals surface area (Å²) in [7, 11) is 0.